The maximum atomic E-state index is 11.5. The van der Waals surface area contributed by atoms with Gasteiger partial charge in [0.2, 0.25) is 0 Å². The van der Waals surface area contributed by atoms with Crippen molar-refractivity contribution in [3.05, 3.63) is 96.1 Å². The molecule has 10 nitrogen and oxygen atoms in total. The number of hydrogen-bond donors (Lipinski definition) is 2. The van der Waals surface area contributed by atoms with Gasteiger partial charge < -0.3 is 24.2 Å². The quantitative estimate of drug-likeness (QED) is 0.0657. The molecule has 0 spiro atoms. The minimum absolute atomic E-state index is 0. The molecule has 4 aromatic rings. The Balaban J connectivity index is 0.000000333. The molecule has 260 valence electrons. The van der Waals surface area contributed by atoms with Crippen molar-refractivity contribution in [3.63, 3.8) is 0 Å². The van der Waals surface area contributed by atoms with E-state index in [1.54, 1.807) is 24.3 Å². The van der Waals surface area contributed by atoms with E-state index in [9.17, 15) is 36.2 Å². The van der Waals surface area contributed by atoms with Gasteiger partial charge in [-0.25, -0.2) is 8.42 Å². The van der Waals surface area contributed by atoms with Crippen molar-refractivity contribution in [2.45, 2.75) is 87.8 Å². The summed E-state index contributed by atoms with van der Waals surface area (Å²) in [6.07, 6.45) is 9.86. The van der Waals surface area contributed by atoms with Crippen LogP contribution in [0, 0.1) is 0 Å². The molecule has 4 aromatic carbocycles. The van der Waals surface area contributed by atoms with Crippen molar-refractivity contribution in [3.8, 4) is 34.5 Å². The van der Waals surface area contributed by atoms with Gasteiger partial charge >= 0.3 is 37.7 Å². The Labute approximate surface area is 319 Å². The number of phenols is 1. The van der Waals surface area contributed by atoms with Gasteiger partial charge in [-0.05, 0) is 104 Å². The Bertz CT molecular complexity index is 1680. The average molecular weight is 739 g/mol. The van der Waals surface area contributed by atoms with E-state index in [-0.39, 0.29) is 64.8 Å². The molecule has 0 heterocycles. The van der Waals surface area contributed by atoms with Gasteiger partial charge in [-0.2, -0.15) is 8.42 Å². The van der Waals surface area contributed by atoms with Crippen molar-refractivity contribution < 1.29 is 45.6 Å². The molecular formula is C36H42CaO10S2. The van der Waals surface area contributed by atoms with E-state index >= 15 is 0 Å². The van der Waals surface area contributed by atoms with Crippen molar-refractivity contribution in [2.75, 3.05) is 0 Å². The first-order valence-corrected chi connectivity index (χ1v) is 18.7. The molecule has 13 heteroatoms. The fourth-order valence-corrected chi connectivity index (χ4v) is 5.89. The molecule has 0 bridgehead atoms. The summed E-state index contributed by atoms with van der Waals surface area (Å²) >= 11 is 0. The summed E-state index contributed by atoms with van der Waals surface area (Å²) in [5, 5.41) is 20.4. The summed E-state index contributed by atoms with van der Waals surface area (Å²) in [6, 6.07) is 20.7. The molecule has 0 fully saturated rings. The molecule has 0 amide bonds. The monoisotopic (exact) mass is 738 g/mol. The molecule has 0 aliphatic carbocycles. The molecule has 0 aromatic heterocycles. The van der Waals surface area contributed by atoms with Gasteiger partial charge in [0, 0.05) is 6.07 Å². The van der Waals surface area contributed by atoms with E-state index in [1.807, 2.05) is 0 Å². The maximum absolute atomic E-state index is 11.5. The molecule has 0 aliphatic rings. The second kappa shape index (κ2) is 20.7. The van der Waals surface area contributed by atoms with Crippen LogP contribution in [0.3, 0.4) is 0 Å². The standard InChI is InChI=1S/2C18H22O5S.Ca/c2*1-2-3-4-5-6-14-11-17(13-18(12-14)24(20,21)22)23-16-9-7-15(19)8-10-16;/h2*7-13,19H,2-6H2,1H3,(H,20,21,22);/q;;+2/p-2. The Kier molecular flexibility index (Phi) is 17.9. The number of phenolic OH excluding ortho intramolecular Hbond substituents is 1. The number of benzene rings is 4. The van der Waals surface area contributed by atoms with Crippen LogP contribution in [0.25, 0.3) is 0 Å². The molecule has 0 aliphatic heterocycles. The van der Waals surface area contributed by atoms with Crippen LogP contribution in [0.5, 0.6) is 34.5 Å². The summed E-state index contributed by atoms with van der Waals surface area (Å²) in [5.74, 6) is 1.46. The van der Waals surface area contributed by atoms with E-state index in [0.29, 0.717) is 23.7 Å². The zero-order valence-electron chi connectivity index (χ0n) is 27.8. The molecule has 4 rings (SSSR count). The molecule has 0 saturated heterocycles. The van der Waals surface area contributed by atoms with Crippen molar-refractivity contribution in [1.82, 2.24) is 0 Å². The van der Waals surface area contributed by atoms with Crippen LogP contribution in [-0.2, 0) is 33.1 Å². The van der Waals surface area contributed by atoms with Gasteiger partial charge in [0.25, 0.3) is 10.1 Å². The number of hydrogen-bond acceptors (Lipinski definition) is 9. The number of aromatic hydroxyl groups is 1. The van der Waals surface area contributed by atoms with E-state index in [1.165, 1.54) is 60.7 Å². The van der Waals surface area contributed by atoms with Gasteiger partial charge in [0.1, 0.15) is 38.9 Å². The van der Waals surface area contributed by atoms with E-state index in [4.69, 9.17) is 9.47 Å². The Morgan fingerprint density at radius 3 is 1.45 bits per heavy atom. The van der Waals surface area contributed by atoms with Crippen molar-refractivity contribution in [1.29, 1.82) is 0 Å². The summed E-state index contributed by atoms with van der Waals surface area (Å²) < 4.78 is 77.6. The third-order valence-corrected chi connectivity index (χ3v) is 8.88. The Morgan fingerprint density at radius 1 is 0.592 bits per heavy atom. The van der Waals surface area contributed by atoms with Crippen LogP contribution in [0.1, 0.15) is 76.3 Å². The predicted octanol–water partition coefficient (Wildman–Crippen LogP) is 7.75. The first-order chi connectivity index (χ1) is 22.8. The van der Waals surface area contributed by atoms with Crippen molar-refractivity contribution in [2.24, 2.45) is 0 Å². The molecule has 2 N–H and O–H groups in total. The topological polar surface area (TPSA) is 173 Å². The van der Waals surface area contributed by atoms with E-state index in [2.05, 4.69) is 13.8 Å². The first-order valence-electron chi connectivity index (χ1n) is 15.9. The minimum Gasteiger partial charge on any atom is -0.872 e. The van der Waals surface area contributed by atoms with Gasteiger partial charge in [0.05, 0.1) is 9.79 Å². The summed E-state index contributed by atoms with van der Waals surface area (Å²) in [4.78, 5) is -0.477. The van der Waals surface area contributed by atoms with Gasteiger partial charge in [-0.15, -0.1) is 5.75 Å². The number of aryl methyl sites for hydroxylation is 2. The normalized spacial score (nSPS) is 11.2. The zero-order valence-corrected chi connectivity index (χ0v) is 31.7. The van der Waals surface area contributed by atoms with Crippen LogP contribution < -0.4 is 14.6 Å². The Hall–Kier alpha value is -2.84. The van der Waals surface area contributed by atoms with Gasteiger partial charge in [-0.3, -0.25) is 4.55 Å². The van der Waals surface area contributed by atoms with Gasteiger partial charge in [0.15, 0.2) is 0 Å². The van der Waals surface area contributed by atoms with Crippen LogP contribution in [-0.4, -0.2) is 68.8 Å². The average Bonchev–Trinajstić information content (AvgIpc) is 3.03. The first kappa shape index (κ1) is 42.3. The van der Waals surface area contributed by atoms with E-state index < -0.39 is 20.2 Å². The summed E-state index contributed by atoms with van der Waals surface area (Å²) in [7, 11) is -8.86. The fraction of sp³-hybridized carbons (Fsp3) is 0.333. The molecule has 49 heavy (non-hydrogen) atoms. The second-order valence-electron chi connectivity index (χ2n) is 11.3. The molecular weight excluding hydrogens is 697 g/mol. The maximum Gasteiger partial charge on any atom is 2.00 e. The fourth-order valence-electron chi connectivity index (χ4n) is 4.77. The SMILES string of the molecule is CCCCCCc1cc(Oc2ccc(O)cc2)cc(S(=O)(=O)O)c1.CCCCCCc1cc(Oc2ccc([O-])cc2)cc(S(=O)(=O)[O-])c1.[Ca+2]. The van der Waals surface area contributed by atoms with Gasteiger partial charge in [-0.1, -0.05) is 64.5 Å². The molecule has 0 radical (unpaired) electrons. The molecule has 0 atom stereocenters. The number of unbranched alkanes of at least 4 members (excludes halogenated alkanes) is 6. The van der Waals surface area contributed by atoms with Crippen molar-refractivity contribution >= 4 is 58.0 Å². The zero-order chi connectivity index (χ0) is 35.2. The smallest absolute Gasteiger partial charge is 0.872 e. The largest absolute Gasteiger partial charge is 2.00 e. The second-order valence-corrected chi connectivity index (χ2v) is 14.1. The number of rotatable bonds is 16. The molecule has 0 unspecified atom stereocenters. The van der Waals surface area contributed by atoms with Crippen LogP contribution in [0.15, 0.2) is 94.7 Å². The summed E-state index contributed by atoms with van der Waals surface area (Å²) in [6.45, 7) is 4.24. The third kappa shape index (κ3) is 15.7. The minimum atomic E-state index is -4.56. The summed E-state index contributed by atoms with van der Waals surface area (Å²) in [5.41, 5.74) is 1.55. The molecule has 0 saturated carbocycles. The Morgan fingerprint density at radius 2 is 1.02 bits per heavy atom. The van der Waals surface area contributed by atoms with Crippen LogP contribution in [0.2, 0.25) is 0 Å². The van der Waals surface area contributed by atoms with E-state index in [0.717, 1.165) is 68.9 Å². The predicted molar refractivity (Wildman–Crippen MR) is 186 cm³/mol. The van der Waals surface area contributed by atoms with Crippen LogP contribution >= 0.6 is 0 Å². The third-order valence-electron chi connectivity index (χ3n) is 7.24. The number of ether oxygens (including phenoxy) is 2. The van der Waals surface area contributed by atoms with Crippen LogP contribution in [0.4, 0.5) is 0 Å².